The van der Waals surface area contributed by atoms with Gasteiger partial charge in [-0.2, -0.15) is 0 Å². The quantitative estimate of drug-likeness (QED) is 0.792. The Labute approximate surface area is 133 Å². The highest BCUT2D eigenvalue weighted by Crippen LogP contribution is 2.19. The standard InChI is InChI=1S/C18H17N3O2/c1-11-7-8-21-15(9-11)19-10-14(18(21)23)17(22)20-16-12(2)5-4-6-13(16)3/h4-10H,1-3H3,(H,20,22). The van der Waals surface area contributed by atoms with E-state index < -0.39 is 5.91 Å². The SMILES string of the molecule is Cc1ccn2c(=O)c(C(=O)Nc3c(C)cccc3C)cnc2c1. The van der Waals surface area contributed by atoms with Gasteiger partial charge < -0.3 is 5.32 Å². The third kappa shape index (κ3) is 2.73. The number of pyridine rings is 1. The topological polar surface area (TPSA) is 63.5 Å². The van der Waals surface area contributed by atoms with Crippen molar-refractivity contribution >= 4 is 17.2 Å². The number of nitrogens with zero attached hydrogens (tertiary/aromatic N) is 2. The van der Waals surface area contributed by atoms with Crippen molar-refractivity contribution in [2.24, 2.45) is 0 Å². The number of aryl methyl sites for hydroxylation is 3. The average molecular weight is 307 g/mol. The van der Waals surface area contributed by atoms with Gasteiger partial charge in [0.25, 0.3) is 11.5 Å². The summed E-state index contributed by atoms with van der Waals surface area (Å²) in [5, 5.41) is 2.82. The van der Waals surface area contributed by atoms with Gasteiger partial charge in [0.15, 0.2) is 0 Å². The van der Waals surface area contributed by atoms with Gasteiger partial charge in [0.1, 0.15) is 11.2 Å². The Morgan fingerprint density at radius 2 is 1.83 bits per heavy atom. The molecule has 0 aliphatic carbocycles. The molecule has 0 saturated heterocycles. The second-order valence-corrected chi connectivity index (χ2v) is 5.63. The Morgan fingerprint density at radius 3 is 2.52 bits per heavy atom. The fourth-order valence-electron chi connectivity index (χ4n) is 2.52. The summed E-state index contributed by atoms with van der Waals surface area (Å²) < 4.78 is 1.38. The molecule has 0 saturated carbocycles. The van der Waals surface area contributed by atoms with Gasteiger partial charge in [0.2, 0.25) is 0 Å². The van der Waals surface area contributed by atoms with Crippen LogP contribution in [0, 0.1) is 20.8 Å². The van der Waals surface area contributed by atoms with E-state index in [1.807, 2.05) is 45.0 Å². The van der Waals surface area contributed by atoms with Crippen LogP contribution >= 0.6 is 0 Å². The molecule has 3 aromatic rings. The monoisotopic (exact) mass is 307 g/mol. The van der Waals surface area contributed by atoms with E-state index in [1.54, 1.807) is 12.3 Å². The van der Waals surface area contributed by atoms with Gasteiger partial charge >= 0.3 is 0 Å². The molecule has 0 fully saturated rings. The zero-order valence-electron chi connectivity index (χ0n) is 13.3. The molecule has 1 aromatic carbocycles. The summed E-state index contributed by atoms with van der Waals surface area (Å²) >= 11 is 0. The Bertz CT molecular complexity index is 953. The number of aromatic nitrogens is 2. The van der Waals surface area contributed by atoms with E-state index in [0.29, 0.717) is 5.65 Å². The molecule has 2 aromatic heterocycles. The fraction of sp³-hybridized carbons (Fsp3) is 0.167. The summed E-state index contributed by atoms with van der Waals surface area (Å²) in [5.41, 5.74) is 3.80. The lowest BCUT2D eigenvalue weighted by molar-refractivity contribution is 0.102. The largest absolute Gasteiger partial charge is 0.321 e. The van der Waals surface area contributed by atoms with Crippen LogP contribution in [0.1, 0.15) is 27.0 Å². The lowest BCUT2D eigenvalue weighted by Crippen LogP contribution is -2.27. The van der Waals surface area contributed by atoms with E-state index in [0.717, 1.165) is 22.4 Å². The van der Waals surface area contributed by atoms with Gasteiger partial charge in [-0.05, 0) is 49.6 Å². The molecular formula is C18H17N3O2. The fourth-order valence-corrected chi connectivity index (χ4v) is 2.52. The molecule has 0 atom stereocenters. The van der Waals surface area contributed by atoms with Crippen molar-refractivity contribution in [3.63, 3.8) is 0 Å². The molecule has 0 aliphatic rings. The smallest absolute Gasteiger partial charge is 0.270 e. The first-order valence-corrected chi connectivity index (χ1v) is 7.33. The van der Waals surface area contributed by atoms with E-state index in [9.17, 15) is 9.59 Å². The summed E-state index contributed by atoms with van der Waals surface area (Å²) in [5.74, 6) is -0.449. The molecular weight excluding hydrogens is 290 g/mol. The van der Waals surface area contributed by atoms with Crippen LogP contribution in [0.15, 0.2) is 47.5 Å². The highest BCUT2D eigenvalue weighted by atomic mass is 16.2. The number of carbonyl (C=O) groups is 1. The molecule has 0 aliphatic heterocycles. The number of nitrogens with one attached hydrogen (secondary N) is 1. The zero-order valence-corrected chi connectivity index (χ0v) is 13.3. The highest BCUT2D eigenvalue weighted by Gasteiger charge is 2.15. The minimum Gasteiger partial charge on any atom is -0.321 e. The number of rotatable bonds is 2. The number of carbonyl (C=O) groups excluding carboxylic acids is 1. The summed E-state index contributed by atoms with van der Waals surface area (Å²) in [4.78, 5) is 29.2. The average Bonchev–Trinajstić information content (AvgIpc) is 2.51. The Balaban J connectivity index is 2.03. The van der Waals surface area contributed by atoms with Crippen LogP contribution < -0.4 is 10.9 Å². The summed E-state index contributed by atoms with van der Waals surface area (Å²) in [6.45, 7) is 5.75. The predicted molar refractivity (Wildman–Crippen MR) is 90.1 cm³/mol. The molecule has 5 heteroatoms. The molecule has 1 amide bonds. The van der Waals surface area contributed by atoms with Crippen molar-refractivity contribution in [1.29, 1.82) is 0 Å². The van der Waals surface area contributed by atoms with Gasteiger partial charge in [-0.3, -0.25) is 14.0 Å². The number of benzene rings is 1. The van der Waals surface area contributed by atoms with E-state index >= 15 is 0 Å². The maximum absolute atomic E-state index is 12.5. The number of amides is 1. The minimum atomic E-state index is -0.449. The maximum Gasteiger partial charge on any atom is 0.270 e. The number of para-hydroxylation sites is 1. The van der Waals surface area contributed by atoms with E-state index in [4.69, 9.17) is 0 Å². The van der Waals surface area contributed by atoms with Crippen LogP contribution in [0.4, 0.5) is 5.69 Å². The molecule has 3 rings (SSSR count). The molecule has 0 spiro atoms. The Kier molecular flexibility index (Phi) is 3.70. The van der Waals surface area contributed by atoms with Crippen LogP contribution in [0.2, 0.25) is 0 Å². The molecule has 116 valence electrons. The number of anilines is 1. The zero-order chi connectivity index (χ0) is 16.6. The number of hydrogen-bond acceptors (Lipinski definition) is 3. The van der Waals surface area contributed by atoms with Crippen molar-refractivity contribution < 1.29 is 4.79 Å². The van der Waals surface area contributed by atoms with Crippen molar-refractivity contribution in [1.82, 2.24) is 9.38 Å². The van der Waals surface area contributed by atoms with Crippen molar-refractivity contribution in [2.75, 3.05) is 5.32 Å². The van der Waals surface area contributed by atoms with Gasteiger partial charge in [-0.15, -0.1) is 0 Å². The van der Waals surface area contributed by atoms with Crippen molar-refractivity contribution in [3.05, 3.63) is 75.3 Å². The van der Waals surface area contributed by atoms with Crippen LogP contribution in [0.5, 0.6) is 0 Å². The normalized spacial score (nSPS) is 10.7. The minimum absolute atomic E-state index is 0.0222. The van der Waals surface area contributed by atoms with E-state index in [-0.39, 0.29) is 11.1 Å². The molecule has 0 radical (unpaired) electrons. The molecule has 2 heterocycles. The first-order chi connectivity index (χ1) is 11.0. The van der Waals surface area contributed by atoms with E-state index in [1.165, 1.54) is 10.6 Å². The van der Waals surface area contributed by atoms with Gasteiger partial charge in [0.05, 0.1) is 0 Å². The van der Waals surface area contributed by atoms with Gasteiger partial charge in [-0.1, -0.05) is 18.2 Å². The van der Waals surface area contributed by atoms with Gasteiger partial charge in [-0.25, -0.2) is 4.98 Å². The summed E-state index contributed by atoms with van der Waals surface area (Å²) in [6, 6.07) is 9.36. The number of fused-ring (bicyclic) bond motifs is 1. The highest BCUT2D eigenvalue weighted by molar-refractivity contribution is 6.04. The summed E-state index contributed by atoms with van der Waals surface area (Å²) in [6.07, 6.45) is 2.97. The third-order valence-corrected chi connectivity index (χ3v) is 3.83. The van der Waals surface area contributed by atoms with Gasteiger partial charge in [0, 0.05) is 18.1 Å². The van der Waals surface area contributed by atoms with Crippen LogP contribution in [0.3, 0.4) is 0 Å². The molecule has 23 heavy (non-hydrogen) atoms. The molecule has 0 bridgehead atoms. The first kappa shape index (κ1) is 15.0. The summed E-state index contributed by atoms with van der Waals surface area (Å²) in [7, 11) is 0. The van der Waals surface area contributed by atoms with E-state index in [2.05, 4.69) is 10.3 Å². The second kappa shape index (κ2) is 5.68. The maximum atomic E-state index is 12.5. The molecule has 1 N–H and O–H groups in total. The third-order valence-electron chi connectivity index (χ3n) is 3.83. The molecule has 5 nitrogen and oxygen atoms in total. The first-order valence-electron chi connectivity index (χ1n) is 7.33. The number of hydrogen-bond donors (Lipinski definition) is 1. The van der Waals surface area contributed by atoms with Crippen LogP contribution in [-0.2, 0) is 0 Å². The lowest BCUT2D eigenvalue weighted by atomic mass is 10.1. The Morgan fingerprint density at radius 1 is 1.13 bits per heavy atom. The van der Waals surface area contributed by atoms with Crippen LogP contribution in [0.25, 0.3) is 5.65 Å². The molecule has 0 unspecified atom stereocenters. The predicted octanol–water partition coefficient (Wildman–Crippen LogP) is 2.87. The van der Waals surface area contributed by atoms with Crippen LogP contribution in [-0.4, -0.2) is 15.3 Å². The van der Waals surface area contributed by atoms with Crippen molar-refractivity contribution in [2.45, 2.75) is 20.8 Å². The lowest BCUT2D eigenvalue weighted by Gasteiger charge is -2.11. The second-order valence-electron chi connectivity index (χ2n) is 5.63. The van der Waals surface area contributed by atoms with Crippen molar-refractivity contribution in [3.8, 4) is 0 Å². The Hall–Kier alpha value is -2.95.